The maximum atomic E-state index is 8.42. The molecule has 3 nitrogen and oxygen atoms in total. The summed E-state index contributed by atoms with van der Waals surface area (Å²) in [4.78, 5) is 6.83. The summed E-state index contributed by atoms with van der Waals surface area (Å²) in [5, 5.41) is 8.42. The zero-order valence-electron chi connectivity index (χ0n) is 5.07. The standard InChI is InChI=1S/C7H3N3/c1-9-7-2-3-10-5-6(7)4-8/h2-3,5H. The molecule has 0 amide bonds. The second-order valence-corrected chi connectivity index (χ2v) is 1.62. The fourth-order valence-corrected chi connectivity index (χ4v) is 0.571. The minimum absolute atomic E-state index is 0.331. The van der Waals surface area contributed by atoms with Crippen LogP contribution in [0.2, 0.25) is 0 Å². The lowest BCUT2D eigenvalue weighted by molar-refractivity contribution is 1.31. The van der Waals surface area contributed by atoms with Gasteiger partial charge in [0.1, 0.15) is 0 Å². The van der Waals surface area contributed by atoms with Crippen molar-refractivity contribution in [3.63, 3.8) is 0 Å². The van der Waals surface area contributed by atoms with E-state index in [0.717, 1.165) is 0 Å². The van der Waals surface area contributed by atoms with Crippen molar-refractivity contribution in [2.45, 2.75) is 0 Å². The molecule has 0 unspecified atom stereocenters. The van der Waals surface area contributed by atoms with Crippen LogP contribution in [0.4, 0.5) is 5.69 Å². The molecule has 0 aliphatic heterocycles. The summed E-state index contributed by atoms with van der Waals surface area (Å²) in [6.45, 7) is 6.63. The van der Waals surface area contributed by atoms with Crippen molar-refractivity contribution >= 4 is 5.69 Å². The van der Waals surface area contributed by atoms with E-state index in [1.54, 1.807) is 0 Å². The summed E-state index contributed by atoms with van der Waals surface area (Å²) in [5.74, 6) is 0. The molecule has 0 saturated heterocycles. The predicted octanol–water partition coefficient (Wildman–Crippen LogP) is 1.50. The molecular formula is C7H3N3. The molecule has 46 valence electrons. The summed E-state index contributed by atoms with van der Waals surface area (Å²) >= 11 is 0. The average molecular weight is 129 g/mol. The predicted molar refractivity (Wildman–Crippen MR) is 35.2 cm³/mol. The fraction of sp³-hybridized carbons (Fsp3) is 0. The number of rotatable bonds is 0. The molecule has 0 saturated carbocycles. The highest BCUT2D eigenvalue weighted by Crippen LogP contribution is 2.14. The van der Waals surface area contributed by atoms with E-state index in [9.17, 15) is 0 Å². The second kappa shape index (κ2) is 2.61. The Morgan fingerprint density at radius 2 is 2.50 bits per heavy atom. The fourth-order valence-electron chi connectivity index (χ4n) is 0.571. The molecule has 10 heavy (non-hydrogen) atoms. The van der Waals surface area contributed by atoms with Gasteiger partial charge in [-0.15, -0.1) is 0 Å². The normalized spacial score (nSPS) is 7.80. The van der Waals surface area contributed by atoms with E-state index in [4.69, 9.17) is 11.8 Å². The molecule has 1 rings (SSSR count). The molecule has 0 aliphatic carbocycles. The summed E-state index contributed by atoms with van der Waals surface area (Å²) in [6.07, 6.45) is 2.88. The van der Waals surface area contributed by atoms with Gasteiger partial charge in [-0.05, 0) is 6.07 Å². The van der Waals surface area contributed by atoms with Crippen LogP contribution in [0, 0.1) is 17.9 Å². The van der Waals surface area contributed by atoms with Gasteiger partial charge in [0, 0.05) is 12.4 Å². The Labute approximate surface area is 58.4 Å². The molecule has 0 spiro atoms. The Bertz CT molecular complexity index is 283. The highest BCUT2D eigenvalue weighted by atomic mass is 14.7. The highest BCUT2D eigenvalue weighted by Gasteiger charge is 1.97. The van der Waals surface area contributed by atoms with Gasteiger partial charge >= 0.3 is 0 Å². The zero-order valence-corrected chi connectivity index (χ0v) is 5.07. The number of pyridine rings is 1. The van der Waals surface area contributed by atoms with Gasteiger partial charge in [-0.2, -0.15) is 5.26 Å². The Kier molecular flexibility index (Phi) is 1.63. The number of aromatic nitrogens is 1. The minimum atomic E-state index is 0.331. The smallest absolute Gasteiger partial charge is 0.207 e. The molecule has 0 aliphatic rings. The van der Waals surface area contributed by atoms with Gasteiger partial charge in [-0.3, -0.25) is 4.98 Å². The van der Waals surface area contributed by atoms with Gasteiger partial charge in [-0.25, -0.2) is 4.85 Å². The molecule has 0 atom stereocenters. The van der Waals surface area contributed by atoms with Gasteiger partial charge in [0.05, 0.1) is 18.2 Å². The van der Waals surface area contributed by atoms with E-state index >= 15 is 0 Å². The van der Waals surface area contributed by atoms with Crippen LogP contribution in [0.5, 0.6) is 0 Å². The van der Waals surface area contributed by atoms with Gasteiger partial charge < -0.3 is 0 Å². The molecule has 0 radical (unpaired) electrons. The average Bonchev–Trinajstić information content (AvgIpc) is 2.04. The third-order valence-corrected chi connectivity index (χ3v) is 1.04. The molecule has 0 aromatic carbocycles. The summed E-state index contributed by atoms with van der Waals surface area (Å²) in [6, 6.07) is 3.39. The maximum Gasteiger partial charge on any atom is 0.207 e. The third-order valence-electron chi connectivity index (χ3n) is 1.04. The number of hydrogen-bond donors (Lipinski definition) is 0. The SMILES string of the molecule is [C-]#[N+]c1ccncc1C#N. The highest BCUT2D eigenvalue weighted by molar-refractivity contribution is 5.56. The van der Waals surface area contributed by atoms with Crippen molar-refractivity contribution in [1.29, 1.82) is 5.26 Å². The first-order chi connectivity index (χ1) is 4.88. The molecule has 1 aromatic rings. The van der Waals surface area contributed by atoms with Crippen LogP contribution < -0.4 is 0 Å². The first kappa shape index (κ1) is 6.25. The molecule has 0 bridgehead atoms. The van der Waals surface area contributed by atoms with Crippen molar-refractivity contribution in [3.05, 3.63) is 35.4 Å². The van der Waals surface area contributed by atoms with E-state index in [-0.39, 0.29) is 0 Å². The van der Waals surface area contributed by atoms with Crippen LogP contribution in [0.1, 0.15) is 5.56 Å². The van der Waals surface area contributed by atoms with Gasteiger partial charge in [0.15, 0.2) is 0 Å². The number of hydrogen-bond acceptors (Lipinski definition) is 2. The van der Waals surface area contributed by atoms with Crippen LogP contribution in [-0.4, -0.2) is 4.98 Å². The molecule has 1 aromatic heterocycles. The van der Waals surface area contributed by atoms with Crippen LogP contribution in [0.15, 0.2) is 18.5 Å². The van der Waals surface area contributed by atoms with E-state index in [2.05, 4.69) is 9.83 Å². The molecule has 3 heteroatoms. The van der Waals surface area contributed by atoms with Gasteiger partial charge in [-0.1, -0.05) is 0 Å². The summed E-state index contributed by atoms with van der Waals surface area (Å²) in [7, 11) is 0. The van der Waals surface area contributed by atoms with Crippen LogP contribution in [-0.2, 0) is 0 Å². The van der Waals surface area contributed by atoms with E-state index in [0.29, 0.717) is 11.3 Å². The zero-order chi connectivity index (χ0) is 7.40. The quantitative estimate of drug-likeness (QED) is 0.498. The van der Waals surface area contributed by atoms with Crippen molar-refractivity contribution in [1.82, 2.24) is 4.98 Å². The summed E-state index contributed by atoms with van der Waals surface area (Å²) < 4.78 is 0. The topological polar surface area (TPSA) is 41.0 Å². The lowest BCUT2D eigenvalue weighted by Crippen LogP contribution is -1.75. The van der Waals surface area contributed by atoms with E-state index < -0.39 is 0 Å². The van der Waals surface area contributed by atoms with Crippen molar-refractivity contribution in [3.8, 4) is 6.07 Å². The van der Waals surface area contributed by atoms with Crippen LogP contribution in [0.3, 0.4) is 0 Å². The Balaban J connectivity index is 3.28. The summed E-state index contributed by atoms with van der Waals surface area (Å²) in [5.41, 5.74) is 0.690. The largest absolute Gasteiger partial charge is 0.266 e. The Hall–Kier alpha value is -1.87. The Morgan fingerprint density at radius 3 is 3.00 bits per heavy atom. The first-order valence-corrected chi connectivity index (χ1v) is 2.60. The molecule has 0 fully saturated rings. The lowest BCUT2D eigenvalue weighted by atomic mass is 10.3. The Morgan fingerprint density at radius 1 is 1.70 bits per heavy atom. The van der Waals surface area contributed by atoms with E-state index in [1.807, 2.05) is 6.07 Å². The van der Waals surface area contributed by atoms with Crippen LogP contribution >= 0.6 is 0 Å². The van der Waals surface area contributed by atoms with Crippen molar-refractivity contribution < 1.29 is 0 Å². The van der Waals surface area contributed by atoms with Crippen molar-refractivity contribution in [2.75, 3.05) is 0 Å². The first-order valence-electron chi connectivity index (χ1n) is 2.60. The second-order valence-electron chi connectivity index (χ2n) is 1.62. The van der Waals surface area contributed by atoms with E-state index in [1.165, 1.54) is 18.5 Å². The molecular weight excluding hydrogens is 126 g/mol. The van der Waals surface area contributed by atoms with Gasteiger partial charge in [0.2, 0.25) is 5.69 Å². The number of nitriles is 1. The monoisotopic (exact) mass is 129 g/mol. The molecule has 1 heterocycles. The van der Waals surface area contributed by atoms with Gasteiger partial charge in [0.25, 0.3) is 0 Å². The lowest BCUT2D eigenvalue weighted by Gasteiger charge is -1.87. The maximum absolute atomic E-state index is 8.42. The third kappa shape index (κ3) is 0.936. The number of nitrogens with zero attached hydrogens (tertiary/aromatic N) is 3. The van der Waals surface area contributed by atoms with Crippen LogP contribution in [0.25, 0.3) is 4.85 Å². The minimum Gasteiger partial charge on any atom is -0.266 e. The molecule has 0 N–H and O–H groups in total. The van der Waals surface area contributed by atoms with Crippen molar-refractivity contribution in [2.24, 2.45) is 0 Å².